The van der Waals surface area contributed by atoms with E-state index in [9.17, 15) is 4.79 Å². The van der Waals surface area contributed by atoms with Crippen molar-refractivity contribution in [3.63, 3.8) is 0 Å². The number of Topliss-reactive ketones (excluding diaryl/α,β-unsaturated/α-hetero) is 1. The molecule has 2 aromatic rings. The van der Waals surface area contributed by atoms with Crippen LogP contribution in [0.5, 0.6) is 0 Å². The van der Waals surface area contributed by atoms with Crippen molar-refractivity contribution in [1.82, 2.24) is 4.57 Å². The Morgan fingerprint density at radius 2 is 2.22 bits per heavy atom. The summed E-state index contributed by atoms with van der Waals surface area (Å²) in [6.07, 6.45) is 0. The lowest BCUT2D eigenvalue weighted by atomic mass is 10.1. The second-order valence-corrected chi connectivity index (χ2v) is 5.49. The van der Waals surface area contributed by atoms with E-state index in [1.165, 1.54) is 5.56 Å². The van der Waals surface area contributed by atoms with Gasteiger partial charge in [0, 0.05) is 17.0 Å². The predicted molar refractivity (Wildman–Crippen MR) is 77.1 cm³/mol. The highest BCUT2D eigenvalue weighted by Crippen LogP contribution is 2.27. The van der Waals surface area contributed by atoms with E-state index in [0.717, 1.165) is 17.0 Å². The topological polar surface area (TPSA) is 22.0 Å². The van der Waals surface area contributed by atoms with Gasteiger partial charge in [-0.25, -0.2) is 0 Å². The van der Waals surface area contributed by atoms with Crippen molar-refractivity contribution < 1.29 is 4.79 Å². The van der Waals surface area contributed by atoms with Crippen molar-refractivity contribution >= 4 is 28.7 Å². The Labute approximate surface area is 116 Å². The van der Waals surface area contributed by atoms with Crippen molar-refractivity contribution in [3.05, 3.63) is 45.4 Å². The monoisotopic (exact) mass is 281 g/mol. The number of carbonyl (C=O) groups is 1. The van der Waals surface area contributed by atoms with Gasteiger partial charge in [-0.05, 0) is 49.2 Å². The Hall–Kier alpha value is -1.06. The molecule has 0 radical (unpaired) electrons. The minimum absolute atomic E-state index is 0.00599. The molecular formula is C14H16ClNOS. The number of thiophene rings is 1. The summed E-state index contributed by atoms with van der Waals surface area (Å²) in [5, 5.41) is 4.22. The molecule has 0 aromatic carbocycles. The van der Waals surface area contributed by atoms with Gasteiger partial charge in [0.1, 0.15) is 0 Å². The Bertz CT molecular complexity index is 557. The number of aromatic nitrogens is 1. The average Bonchev–Trinajstić information content (AvgIpc) is 2.96. The summed E-state index contributed by atoms with van der Waals surface area (Å²) in [5.74, 6) is 0.0328. The molecule has 0 amide bonds. The summed E-state index contributed by atoms with van der Waals surface area (Å²) >= 11 is 7.33. The van der Waals surface area contributed by atoms with Crippen LogP contribution < -0.4 is 0 Å². The van der Waals surface area contributed by atoms with E-state index in [1.807, 2.05) is 19.9 Å². The van der Waals surface area contributed by atoms with E-state index in [1.54, 1.807) is 11.3 Å². The summed E-state index contributed by atoms with van der Waals surface area (Å²) in [6, 6.07) is 4.30. The number of hydrogen-bond donors (Lipinski definition) is 0. The zero-order chi connectivity index (χ0) is 13.3. The van der Waals surface area contributed by atoms with Crippen LogP contribution in [0.1, 0.15) is 40.3 Å². The number of alkyl halides is 1. The first-order valence-electron chi connectivity index (χ1n) is 5.86. The normalized spacial score (nSPS) is 12.7. The molecular weight excluding hydrogens is 266 g/mol. The van der Waals surface area contributed by atoms with Gasteiger partial charge < -0.3 is 4.57 Å². The van der Waals surface area contributed by atoms with E-state index in [4.69, 9.17) is 11.6 Å². The number of aryl methyl sites for hydroxylation is 1. The molecule has 18 heavy (non-hydrogen) atoms. The van der Waals surface area contributed by atoms with E-state index >= 15 is 0 Å². The fourth-order valence-electron chi connectivity index (χ4n) is 2.39. The fraction of sp³-hybridized carbons (Fsp3) is 0.357. The summed E-state index contributed by atoms with van der Waals surface area (Å²) < 4.78 is 2.20. The van der Waals surface area contributed by atoms with Gasteiger partial charge in [0.25, 0.3) is 0 Å². The Balaban J connectivity index is 2.46. The second-order valence-electron chi connectivity index (χ2n) is 4.44. The van der Waals surface area contributed by atoms with Gasteiger partial charge in [0.05, 0.1) is 11.9 Å². The van der Waals surface area contributed by atoms with E-state index in [-0.39, 0.29) is 17.7 Å². The molecule has 2 aromatic heterocycles. The molecule has 0 spiro atoms. The molecule has 2 heterocycles. The fourth-order valence-corrected chi connectivity index (χ4v) is 3.28. The maximum absolute atomic E-state index is 11.8. The molecule has 0 N–H and O–H groups in total. The number of rotatable bonds is 4. The minimum atomic E-state index is -0.00599. The van der Waals surface area contributed by atoms with E-state index in [0.29, 0.717) is 0 Å². The standard InChI is InChI=1S/C14H16ClNOS/c1-9-6-13(14(17)7-15)11(3)16(9)10(2)12-4-5-18-8-12/h4-6,8,10H,7H2,1-3H3. The molecule has 0 bridgehead atoms. The molecule has 0 saturated carbocycles. The summed E-state index contributed by atoms with van der Waals surface area (Å²) in [5.41, 5.74) is 4.10. The molecule has 4 heteroatoms. The van der Waals surface area contributed by atoms with Crippen LogP contribution >= 0.6 is 22.9 Å². The van der Waals surface area contributed by atoms with Crippen LogP contribution in [0.25, 0.3) is 0 Å². The third-order valence-corrected chi connectivity index (χ3v) is 4.26. The van der Waals surface area contributed by atoms with Crippen LogP contribution in [0.2, 0.25) is 0 Å². The molecule has 2 nitrogen and oxygen atoms in total. The maximum atomic E-state index is 11.8. The number of halogens is 1. The smallest absolute Gasteiger partial charge is 0.179 e. The van der Waals surface area contributed by atoms with Gasteiger partial charge in [-0.2, -0.15) is 11.3 Å². The van der Waals surface area contributed by atoms with Crippen molar-refractivity contribution in [3.8, 4) is 0 Å². The minimum Gasteiger partial charge on any atom is -0.341 e. The zero-order valence-corrected chi connectivity index (χ0v) is 12.3. The number of hydrogen-bond acceptors (Lipinski definition) is 2. The third kappa shape index (κ3) is 2.25. The van der Waals surface area contributed by atoms with Crippen molar-refractivity contribution in [2.75, 3.05) is 5.88 Å². The number of carbonyl (C=O) groups excluding carboxylic acids is 1. The van der Waals surface area contributed by atoms with Gasteiger partial charge in [0.2, 0.25) is 0 Å². The summed E-state index contributed by atoms with van der Waals surface area (Å²) in [7, 11) is 0. The highest BCUT2D eigenvalue weighted by molar-refractivity contribution is 7.07. The second kappa shape index (κ2) is 5.29. The largest absolute Gasteiger partial charge is 0.341 e. The van der Waals surface area contributed by atoms with Crippen LogP contribution in [0.3, 0.4) is 0 Å². The highest BCUT2D eigenvalue weighted by atomic mass is 35.5. The lowest BCUT2D eigenvalue weighted by Gasteiger charge is -2.17. The Morgan fingerprint density at radius 3 is 2.78 bits per heavy atom. The van der Waals surface area contributed by atoms with E-state index < -0.39 is 0 Å². The van der Waals surface area contributed by atoms with Gasteiger partial charge >= 0.3 is 0 Å². The SMILES string of the molecule is Cc1cc(C(=O)CCl)c(C)n1C(C)c1ccsc1. The lowest BCUT2D eigenvalue weighted by molar-refractivity contribution is 0.102. The van der Waals surface area contributed by atoms with Crippen molar-refractivity contribution in [1.29, 1.82) is 0 Å². The molecule has 1 atom stereocenters. The Morgan fingerprint density at radius 1 is 1.50 bits per heavy atom. The molecule has 0 aliphatic carbocycles. The summed E-state index contributed by atoms with van der Waals surface area (Å²) in [6.45, 7) is 6.16. The van der Waals surface area contributed by atoms with Crippen LogP contribution in [-0.2, 0) is 0 Å². The molecule has 0 aliphatic heterocycles. The molecule has 0 aliphatic rings. The van der Waals surface area contributed by atoms with Gasteiger partial charge in [0.15, 0.2) is 5.78 Å². The van der Waals surface area contributed by atoms with Crippen molar-refractivity contribution in [2.45, 2.75) is 26.8 Å². The van der Waals surface area contributed by atoms with Crippen LogP contribution in [0.15, 0.2) is 22.9 Å². The van der Waals surface area contributed by atoms with Gasteiger partial charge in [-0.1, -0.05) is 0 Å². The summed E-state index contributed by atoms with van der Waals surface area (Å²) in [4.78, 5) is 11.8. The van der Waals surface area contributed by atoms with Gasteiger partial charge in [-0.15, -0.1) is 11.6 Å². The number of ketones is 1. The highest BCUT2D eigenvalue weighted by Gasteiger charge is 2.19. The predicted octanol–water partition coefficient (Wildman–Crippen LogP) is 4.20. The molecule has 0 fully saturated rings. The van der Waals surface area contributed by atoms with Crippen LogP contribution in [-0.4, -0.2) is 16.2 Å². The quantitative estimate of drug-likeness (QED) is 0.608. The first-order valence-corrected chi connectivity index (χ1v) is 7.33. The average molecular weight is 282 g/mol. The molecule has 96 valence electrons. The van der Waals surface area contributed by atoms with Gasteiger partial charge in [-0.3, -0.25) is 4.79 Å². The number of nitrogens with zero attached hydrogens (tertiary/aromatic N) is 1. The molecule has 2 rings (SSSR count). The zero-order valence-electron chi connectivity index (χ0n) is 10.7. The molecule has 1 unspecified atom stereocenters. The van der Waals surface area contributed by atoms with E-state index in [2.05, 4.69) is 28.3 Å². The maximum Gasteiger partial charge on any atom is 0.179 e. The third-order valence-electron chi connectivity index (χ3n) is 3.32. The van der Waals surface area contributed by atoms with Crippen LogP contribution in [0.4, 0.5) is 0 Å². The van der Waals surface area contributed by atoms with Crippen LogP contribution in [0, 0.1) is 13.8 Å². The first-order chi connectivity index (χ1) is 8.56. The molecule has 0 saturated heterocycles. The lowest BCUT2D eigenvalue weighted by Crippen LogP contribution is -2.10. The first kappa shape index (κ1) is 13.4. The Kier molecular flexibility index (Phi) is 3.93. The van der Waals surface area contributed by atoms with Crippen molar-refractivity contribution in [2.24, 2.45) is 0 Å².